The van der Waals surface area contributed by atoms with Crippen LogP contribution >= 0.6 is 0 Å². The van der Waals surface area contributed by atoms with Gasteiger partial charge in [-0.1, -0.05) is 38.1 Å². The molecule has 0 bridgehead atoms. The Kier molecular flexibility index (Phi) is 10.4. The molecule has 2 rings (SSSR count). The molecule has 0 amide bonds. The number of nitrogens with zero attached hydrogens (tertiary/aromatic N) is 1. The van der Waals surface area contributed by atoms with E-state index in [-0.39, 0.29) is 6.04 Å². The van der Waals surface area contributed by atoms with Crippen molar-refractivity contribution in [3.8, 4) is 0 Å². The highest BCUT2D eigenvalue weighted by atomic mass is 16.5. The molecule has 1 atom stereocenters. The Balaban J connectivity index is 1.77. The van der Waals surface area contributed by atoms with Crippen molar-refractivity contribution >= 4 is 5.96 Å². The third-order valence-electron chi connectivity index (χ3n) is 4.92. The molecule has 158 valence electrons. The van der Waals surface area contributed by atoms with Crippen LogP contribution in [0, 0.1) is 5.92 Å². The van der Waals surface area contributed by atoms with Crippen LogP contribution in [0.5, 0.6) is 0 Å². The van der Waals surface area contributed by atoms with Gasteiger partial charge in [0.1, 0.15) is 0 Å². The summed E-state index contributed by atoms with van der Waals surface area (Å²) in [5, 5.41) is 6.86. The van der Waals surface area contributed by atoms with Crippen molar-refractivity contribution < 1.29 is 9.47 Å². The van der Waals surface area contributed by atoms with Gasteiger partial charge in [0, 0.05) is 32.9 Å². The van der Waals surface area contributed by atoms with Crippen LogP contribution in [-0.2, 0) is 15.9 Å². The fourth-order valence-electron chi connectivity index (χ4n) is 3.37. The lowest BCUT2D eigenvalue weighted by Crippen LogP contribution is -2.38. The number of nitrogens with one attached hydrogen (secondary N) is 2. The smallest absolute Gasteiger partial charge is 0.191 e. The lowest BCUT2D eigenvalue weighted by Gasteiger charge is -2.22. The van der Waals surface area contributed by atoms with E-state index < -0.39 is 0 Å². The second-order valence-electron chi connectivity index (χ2n) is 8.00. The van der Waals surface area contributed by atoms with Gasteiger partial charge < -0.3 is 20.1 Å². The Morgan fingerprint density at radius 1 is 1.18 bits per heavy atom. The molecule has 1 fully saturated rings. The molecule has 5 nitrogen and oxygen atoms in total. The zero-order valence-electron chi connectivity index (χ0n) is 18.2. The summed E-state index contributed by atoms with van der Waals surface area (Å²) in [7, 11) is 0. The van der Waals surface area contributed by atoms with Crippen LogP contribution in [0.15, 0.2) is 29.3 Å². The van der Waals surface area contributed by atoms with Gasteiger partial charge in [-0.25, -0.2) is 0 Å². The lowest BCUT2D eigenvalue weighted by molar-refractivity contribution is -0.0318. The molecule has 1 aliphatic heterocycles. The Bertz CT molecular complexity index is 566. The molecule has 1 heterocycles. The zero-order valence-corrected chi connectivity index (χ0v) is 18.2. The van der Waals surface area contributed by atoms with E-state index in [0.717, 1.165) is 64.6 Å². The molecule has 0 spiro atoms. The van der Waals surface area contributed by atoms with Gasteiger partial charge in [0.25, 0.3) is 0 Å². The van der Waals surface area contributed by atoms with E-state index in [9.17, 15) is 0 Å². The number of ether oxygens (including phenoxy) is 2. The van der Waals surface area contributed by atoms with Crippen molar-refractivity contribution in [3.63, 3.8) is 0 Å². The third-order valence-corrected chi connectivity index (χ3v) is 4.92. The molecule has 1 aliphatic rings. The first-order valence-electron chi connectivity index (χ1n) is 10.9. The number of guanidine groups is 1. The van der Waals surface area contributed by atoms with Crippen molar-refractivity contribution in [2.24, 2.45) is 10.9 Å². The van der Waals surface area contributed by atoms with E-state index in [0.29, 0.717) is 12.0 Å². The minimum Gasteiger partial charge on any atom is -0.381 e. The van der Waals surface area contributed by atoms with Crippen LogP contribution in [0.3, 0.4) is 0 Å². The molecule has 5 heteroatoms. The number of aliphatic imine (C=N–C) groups is 1. The highest BCUT2D eigenvalue weighted by Gasteiger charge is 2.13. The lowest BCUT2D eigenvalue weighted by atomic mass is 10.00. The SMILES string of the molecule is CCNC(=NCCCOC1CCOCC1)NC(C)c1ccc(CC(C)C)cc1. The van der Waals surface area contributed by atoms with Crippen molar-refractivity contribution in [2.75, 3.05) is 32.9 Å². The van der Waals surface area contributed by atoms with Gasteiger partial charge >= 0.3 is 0 Å². The summed E-state index contributed by atoms with van der Waals surface area (Å²) in [6, 6.07) is 9.14. The van der Waals surface area contributed by atoms with Gasteiger partial charge in [0.2, 0.25) is 0 Å². The molecule has 0 aromatic heterocycles. The first-order chi connectivity index (χ1) is 13.6. The summed E-state index contributed by atoms with van der Waals surface area (Å²) >= 11 is 0. The van der Waals surface area contributed by atoms with Crippen LogP contribution < -0.4 is 10.6 Å². The third kappa shape index (κ3) is 8.61. The number of hydrogen-bond donors (Lipinski definition) is 2. The van der Waals surface area contributed by atoms with E-state index in [1.807, 2.05) is 0 Å². The second kappa shape index (κ2) is 12.8. The van der Waals surface area contributed by atoms with Gasteiger partial charge in [-0.15, -0.1) is 0 Å². The van der Waals surface area contributed by atoms with Crippen molar-refractivity contribution in [2.45, 2.75) is 65.5 Å². The molecule has 2 N–H and O–H groups in total. The normalized spacial score (nSPS) is 17.0. The van der Waals surface area contributed by atoms with Crippen LogP contribution in [0.4, 0.5) is 0 Å². The zero-order chi connectivity index (χ0) is 20.2. The largest absolute Gasteiger partial charge is 0.381 e. The summed E-state index contributed by atoms with van der Waals surface area (Å²) in [5.41, 5.74) is 2.68. The summed E-state index contributed by atoms with van der Waals surface area (Å²) in [4.78, 5) is 4.71. The van der Waals surface area contributed by atoms with Crippen LogP contribution in [-0.4, -0.2) is 45.0 Å². The molecule has 28 heavy (non-hydrogen) atoms. The highest BCUT2D eigenvalue weighted by Crippen LogP contribution is 2.15. The number of benzene rings is 1. The predicted molar refractivity (Wildman–Crippen MR) is 117 cm³/mol. The molecule has 1 unspecified atom stereocenters. The summed E-state index contributed by atoms with van der Waals surface area (Å²) in [5.74, 6) is 1.55. The summed E-state index contributed by atoms with van der Waals surface area (Å²) in [6.07, 6.45) is 4.46. The Hall–Kier alpha value is -1.59. The maximum Gasteiger partial charge on any atom is 0.191 e. The fourth-order valence-corrected chi connectivity index (χ4v) is 3.37. The maximum absolute atomic E-state index is 5.92. The van der Waals surface area contributed by atoms with Gasteiger partial charge in [-0.3, -0.25) is 4.99 Å². The van der Waals surface area contributed by atoms with Crippen LogP contribution in [0.25, 0.3) is 0 Å². The van der Waals surface area contributed by atoms with E-state index in [1.165, 1.54) is 11.1 Å². The molecule has 1 aromatic rings. The molecular formula is C23H39N3O2. The van der Waals surface area contributed by atoms with Crippen LogP contribution in [0.1, 0.15) is 64.1 Å². The molecule has 0 aliphatic carbocycles. The highest BCUT2D eigenvalue weighted by molar-refractivity contribution is 5.80. The Labute approximate surface area is 171 Å². The quantitative estimate of drug-likeness (QED) is 0.360. The van der Waals surface area contributed by atoms with Gasteiger partial charge in [-0.05, 0) is 56.6 Å². The van der Waals surface area contributed by atoms with E-state index >= 15 is 0 Å². The molecule has 1 aromatic carbocycles. The van der Waals surface area contributed by atoms with Gasteiger partial charge in [0.15, 0.2) is 5.96 Å². The second-order valence-corrected chi connectivity index (χ2v) is 8.00. The predicted octanol–water partition coefficient (Wildman–Crippen LogP) is 4.09. The van der Waals surface area contributed by atoms with Crippen molar-refractivity contribution in [3.05, 3.63) is 35.4 Å². The van der Waals surface area contributed by atoms with Crippen molar-refractivity contribution in [1.82, 2.24) is 10.6 Å². The van der Waals surface area contributed by atoms with E-state index in [4.69, 9.17) is 14.5 Å². The molecule has 0 radical (unpaired) electrons. The topological polar surface area (TPSA) is 54.9 Å². The Morgan fingerprint density at radius 2 is 1.89 bits per heavy atom. The monoisotopic (exact) mass is 389 g/mol. The first kappa shape index (κ1) is 22.7. The van der Waals surface area contributed by atoms with Crippen molar-refractivity contribution in [1.29, 1.82) is 0 Å². The summed E-state index contributed by atoms with van der Waals surface area (Å²) in [6.45, 7) is 12.8. The average Bonchev–Trinajstić information content (AvgIpc) is 2.68. The average molecular weight is 390 g/mol. The first-order valence-corrected chi connectivity index (χ1v) is 10.9. The summed E-state index contributed by atoms with van der Waals surface area (Å²) < 4.78 is 11.3. The number of rotatable bonds is 10. The molecule has 1 saturated heterocycles. The fraction of sp³-hybridized carbons (Fsp3) is 0.696. The maximum atomic E-state index is 5.92. The van der Waals surface area contributed by atoms with E-state index in [1.54, 1.807) is 0 Å². The molecular weight excluding hydrogens is 350 g/mol. The van der Waals surface area contributed by atoms with Gasteiger partial charge in [0.05, 0.1) is 12.1 Å². The Morgan fingerprint density at radius 3 is 2.54 bits per heavy atom. The molecule has 0 saturated carbocycles. The standard InChI is InChI=1S/C23H39N3O2/c1-5-24-23(25-13-6-14-28-22-11-15-27-16-12-22)26-19(4)21-9-7-20(8-10-21)17-18(2)3/h7-10,18-19,22H,5-6,11-17H2,1-4H3,(H2,24,25,26). The minimum atomic E-state index is 0.212. The number of hydrogen-bond acceptors (Lipinski definition) is 3. The van der Waals surface area contributed by atoms with E-state index in [2.05, 4.69) is 62.6 Å². The van der Waals surface area contributed by atoms with Gasteiger partial charge in [-0.2, -0.15) is 0 Å². The van der Waals surface area contributed by atoms with Crippen LogP contribution in [0.2, 0.25) is 0 Å². The minimum absolute atomic E-state index is 0.212.